The van der Waals surface area contributed by atoms with E-state index in [2.05, 4.69) is 37.9 Å². The van der Waals surface area contributed by atoms with Gasteiger partial charge < -0.3 is 0 Å². The Balaban J connectivity index is 1.58. The van der Waals surface area contributed by atoms with Crippen LogP contribution in [0.4, 0.5) is 0 Å². The largest absolute Gasteiger partial charge is 0.297 e. The number of hydrogen-bond acceptors (Lipinski definition) is 2. The lowest BCUT2D eigenvalue weighted by Crippen LogP contribution is -2.28. The van der Waals surface area contributed by atoms with E-state index >= 15 is 0 Å². The Bertz CT molecular complexity index is 354. The molecule has 0 aliphatic heterocycles. The first-order chi connectivity index (χ1) is 8.29. The molecule has 0 amide bonds. The first kappa shape index (κ1) is 11.7. The summed E-state index contributed by atoms with van der Waals surface area (Å²) in [7, 11) is 0. The zero-order chi connectivity index (χ0) is 11.7. The van der Waals surface area contributed by atoms with Crippen molar-refractivity contribution in [1.82, 2.24) is 9.88 Å². The Hall–Kier alpha value is -0.410. The molecule has 0 unspecified atom stereocenters. The van der Waals surface area contributed by atoms with Crippen LogP contribution in [0.2, 0.25) is 0 Å². The molecule has 0 aromatic carbocycles. The average molecular weight is 295 g/mol. The molecule has 17 heavy (non-hydrogen) atoms. The Labute approximate surface area is 112 Å². The average Bonchev–Trinajstić information content (AvgIpc) is 3.17. The molecule has 2 saturated carbocycles. The molecule has 2 aliphatic carbocycles. The molecule has 0 bridgehead atoms. The van der Waals surface area contributed by atoms with Gasteiger partial charge in [0.2, 0.25) is 0 Å². The molecule has 1 aromatic heterocycles. The van der Waals surface area contributed by atoms with Gasteiger partial charge in [-0.1, -0.05) is 0 Å². The molecule has 0 spiro atoms. The third kappa shape index (κ3) is 3.78. The monoisotopic (exact) mass is 294 g/mol. The lowest BCUT2D eigenvalue weighted by atomic mass is 10.2. The first-order valence-electron chi connectivity index (χ1n) is 6.62. The fourth-order valence-corrected chi connectivity index (χ4v) is 2.50. The molecule has 0 radical (unpaired) electrons. The van der Waals surface area contributed by atoms with E-state index in [4.69, 9.17) is 0 Å². The molecule has 0 atom stereocenters. The van der Waals surface area contributed by atoms with Gasteiger partial charge >= 0.3 is 0 Å². The molecule has 1 aromatic rings. The van der Waals surface area contributed by atoms with Gasteiger partial charge in [0.05, 0.1) is 5.69 Å². The van der Waals surface area contributed by atoms with E-state index in [0.717, 1.165) is 22.9 Å². The van der Waals surface area contributed by atoms with Gasteiger partial charge in [0.15, 0.2) is 0 Å². The second-order valence-corrected chi connectivity index (χ2v) is 6.46. The third-order valence-corrected chi connectivity index (χ3v) is 4.07. The van der Waals surface area contributed by atoms with E-state index in [1.54, 1.807) is 0 Å². The van der Waals surface area contributed by atoms with Crippen LogP contribution in [-0.2, 0) is 6.54 Å². The van der Waals surface area contributed by atoms with Gasteiger partial charge in [0.1, 0.15) is 0 Å². The van der Waals surface area contributed by atoms with E-state index in [0.29, 0.717) is 0 Å². The lowest BCUT2D eigenvalue weighted by Gasteiger charge is -2.21. The smallest absolute Gasteiger partial charge is 0.0544 e. The van der Waals surface area contributed by atoms with Crippen LogP contribution in [-0.4, -0.2) is 23.0 Å². The molecule has 0 saturated heterocycles. The topological polar surface area (TPSA) is 16.1 Å². The van der Waals surface area contributed by atoms with E-state index < -0.39 is 0 Å². The molecular weight excluding hydrogens is 276 g/mol. The number of nitrogens with zero attached hydrogens (tertiary/aromatic N) is 2. The van der Waals surface area contributed by atoms with Crippen molar-refractivity contribution >= 4 is 15.9 Å². The van der Waals surface area contributed by atoms with Gasteiger partial charge in [-0.05, 0) is 65.6 Å². The van der Waals surface area contributed by atoms with Crippen molar-refractivity contribution in [1.29, 1.82) is 0 Å². The highest BCUT2D eigenvalue weighted by molar-refractivity contribution is 9.10. The normalized spacial score (nSPS) is 19.9. The van der Waals surface area contributed by atoms with Crippen LogP contribution >= 0.6 is 15.9 Å². The number of aromatic nitrogens is 1. The molecule has 92 valence electrons. The SMILES string of the molecule is Brc1ccc(CN(CC2CC2)CC2CC2)nc1. The highest BCUT2D eigenvalue weighted by Gasteiger charge is 2.29. The highest BCUT2D eigenvalue weighted by atomic mass is 79.9. The second-order valence-electron chi connectivity index (χ2n) is 5.55. The van der Waals surface area contributed by atoms with Crippen molar-refractivity contribution in [2.45, 2.75) is 32.2 Å². The van der Waals surface area contributed by atoms with Crippen molar-refractivity contribution in [3.63, 3.8) is 0 Å². The predicted octanol–water partition coefficient (Wildman–Crippen LogP) is 3.47. The van der Waals surface area contributed by atoms with Crippen LogP contribution < -0.4 is 0 Å². The van der Waals surface area contributed by atoms with E-state index in [-0.39, 0.29) is 0 Å². The second kappa shape index (κ2) is 5.07. The maximum absolute atomic E-state index is 4.48. The first-order valence-corrected chi connectivity index (χ1v) is 7.41. The fraction of sp³-hybridized carbons (Fsp3) is 0.643. The molecular formula is C14H19BrN2. The van der Waals surface area contributed by atoms with Crippen LogP contribution in [0.1, 0.15) is 31.4 Å². The van der Waals surface area contributed by atoms with Crippen molar-refractivity contribution in [3.8, 4) is 0 Å². The highest BCUT2D eigenvalue weighted by Crippen LogP contribution is 2.34. The Morgan fingerprint density at radius 3 is 2.24 bits per heavy atom. The van der Waals surface area contributed by atoms with Crippen molar-refractivity contribution in [2.24, 2.45) is 11.8 Å². The van der Waals surface area contributed by atoms with Crippen LogP contribution in [0.25, 0.3) is 0 Å². The maximum atomic E-state index is 4.48. The maximum Gasteiger partial charge on any atom is 0.0544 e. The van der Waals surface area contributed by atoms with E-state index in [9.17, 15) is 0 Å². The molecule has 2 fully saturated rings. The van der Waals surface area contributed by atoms with E-state index in [1.807, 2.05) is 6.20 Å². The van der Waals surface area contributed by atoms with Crippen LogP contribution in [0, 0.1) is 11.8 Å². The summed E-state index contributed by atoms with van der Waals surface area (Å²) < 4.78 is 1.07. The van der Waals surface area contributed by atoms with Crippen molar-refractivity contribution < 1.29 is 0 Å². The number of pyridine rings is 1. The molecule has 3 heteroatoms. The Morgan fingerprint density at radius 1 is 1.12 bits per heavy atom. The molecule has 1 heterocycles. The summed E-state index contributed by atoms with van der Waals surface area (Å²) in [5, 5.41) is 0. The van der Waals surface area contributed by atoms with E-state index in [1.165, 1.54) is 44.5 Å². The molecule has 2 nitrogen and oxygen atoms in total. The Kier molecular flexibility index (Phi) is 3.48. The number of hydrogen-bond donors (Lipinski definition) is 0. The minimum absolute atomic E-state index is 0.976. The van der Waals surface area contributed by atoms with Gasteiger partial charge in [0, 0.05) is 30.3 Å². The summed E-state index contributed by atoms with van der Waals surface area (Å²) in [5.41, 5.74) is 1.20. The van der Waals surface area contributed by atoms with Crippen molar-refractivity contribution in [3.05, 3.63) is 28.5 Å². The molecule has 2 aliphatic rings. The molecule has 3 rings (SSSR count). The zero-order valence-corrected chi connectivity index (χ0v) is 11.7. The lowest BCUT2D eigenvalue weighted by molar-refractivity contribution is 0.241. The zero-order valence-electron chi connectivity index (χ0n) is 10.1. The Morgan fingerprint density at radius 2 is 1.76 bits per heavy atom. The van der Waals surface area contributed by atoms with Gasteiger partial charge in [-0.2, -0.15) is 0 Å². The van der Waals surface area contributed by atoms with Gasteiger partial charge in [-0.15, -0.1) is 0 Å². The summed E-state index contributed by atoms with van der Waals surface area (Å²) in [4.78, 5) is 7.10. The summed E-state index contributed by atoms with van der Waals surface area (Å²) in [6.07, 6.45) is 7.66. The van der Waals surface area contributed by atoms with Crippen LogP contribution in [0.3, 0.4) is 0 Å². The number of rotatable bonds is 6. The summed E-state index contributed by atoms with van der Waals surface area (Å²) in [6, 6.07) is 4.23. The van der Waals surface area contributed by atoms with Gasteiger partial charge in [-0.25, -0.2) is 0 Å². The van der Waals surface area contributed by atoms with Crippen molar-refractivity contribution in [2.75, 3.05) is 13.1 Å². The van der Waals surface area contributed by atoms with Crippen LogP contribution in [0.5, 0.6) is 0 Å². The summed E-state index contributed by atoms with van der Waals surface area (Å²) >= 11 is 3.44. The molecule has 0 N–H and O–H groups in total. The predicted molar refractivity (Wildman–Crippen MR) is 72.7 cm³/mol. The standard InChI is InChI=1S/C14H19BrN2/c15-13-5-6-14(16-7-13)10-17(8-11-1-2-11)9-12-3-4-12/h5-7,11-12H,1-4,8-10H2. The quantitative estimate of drug-likeness (QED) is 0.799. The fourth-order valence-electron chi connectivity index (χ4n) is 2.26. The minimum Gasteiger partial charge on any atom is -0.297 e. The third-order valence-electron chi connectivity index (χ3n) is 3.60. The van der Waals surface area contributed by atoms with Gasteiger partial charge in [0.25, 0.3) is 0 Å². The number of halogens is 1. The summed E-state index contributed by atoms with van der Waals surface area (Å²) in [5.74, 6) is 1.95. The van der Waals surface area contributed by atoms with Crippen LogP contribution in [0.15, 0.2) is 22.8 Å². The van der Waals surface area contributed by atoms with Gasteiger partial charge in [-0.3, -0.25) is 9.88 Å². The summed E-state index contributed by atoms with van der Waals surface area (Å²) in [6.45, 7) is 3.60. The minimum atomic E-state index is 0.976.